The standard InChI is InChI=1S/C28H29ClFN5O3/c1-16-10-11-18-8-6-7-9-19(18)22(16)35-25-20(14-21(30)23(29)31-25)24(32-26(35)36)34-13-12-33(15-17(34)2)27(37)38-28(3,4)5/h6-11,14,17H,12-13,15H2,1-5H3/t17-/m0/s1. The molecule has 8 nitrogen and oxygen atoms in total. The summed E-state index contributed by atoms with van der Waals surface area (Å²) < 4.78 is 21.7. The second-order valence-electron chi connectivity index (χ2n) is 10.6. The number of pyridine rings is 1. The van der Waals surface area contributed by atoms with Gasteiger partial charge in [0.1, 0.15) is 11.4 Å². The summed E-state index contributed by atoms with van der Waals surface area (Å²) in [5.41, 5.74) is 0.511. The molecular formula is C28H29ClFN5O3. The third-order valence-electron chi connectivity index (χ3n) is 6.64. The Labute approximate surface area is 224 Å². The quantitative estimate of drug-likeness (QED) is 0.315. The number of benzene rings is 2. The maximum Gasteiger partial charge on any atom is 0.410 e. The molecule has 4 aromatic rings. The van der Waals surface area contributed by atoms with E-state index in [9.17, 15) is 14.0 Å². The summed E-state index contributed by atoms with van der Waals surface area (Å²) in [6.07, 6.45) is -0.400. The number of amides is 1. The molecule has 0 unspecified atom stereocenters. The van der Waals surface area contributed by atoms with Crippen molar-refractivity contribution in [3.63, 3.8) is 0 Å². The number of hydrogen-bond acceptors (Lipinski definition) is 6. The van der Waals surface area contributed by atoms with E-state index in [0.717, 1.165) is 16.3 Å². The lowest BCUT2D eigenvalue weighted by molar-refractivity contribution is 0.0218. The largest absolute Gasteiger partial charge is 0.444 e. The molecule has 5 rings (SSSR count). The molecule has 1 atom stereocenters. The number of carbonyl (C=O) groups excluding carboxylic acids is 1. The zero-order chi connectivity index (χ0) is 27.4. The molecule has 0 spiro atoms. The van der Waals surface area contributed by atoms with Gasteiger partial charge in [-0.05, 0) is 51.6 Å². The van der Waals surface area contributed by atoms with Crippen molar-refractivity contribution >= 4 is 45.3 Å². The second-order valence-corrected chi connectivity index (χ2v) is 11.0. The van der Waals surface area contributed by atoms with Crippen molar-refractivity contribution in [1.82, 2.24) is 19.4 Å². The Kier molecular flexibility index (Phi) is 6.51. The molecule has 0 aliphatic carbocycles. The topological polar surface area (TPSA) is 80.6 Å². The third kappa shape index (κ3) is 4.67. The van der Waals surface area contributed by atoms with Crippen LogP contribution in [-0.2, 0) is 4.74 Å². The fourth-order valence-electron chi connectivity index (χ4n) is 4.93. The Morgan fingerprint density at radius 2 is 1.84 bits per heavy atom. The van der Waals surface area contributed by atoms with E-state index in [-0.39, 0.29) is 16.8 Å². The molecule has 198 valence electrons. The van der Waals surface area contributed by atoms with E-state index < -0.39 is 23.2 Å². The highest BCUT2D eigenvalue weighted by atomic mass is 35.5. The average Bonchev–Trinajstić information content (AvgIpc) is 2.84. The Morgan fingerprint density at radius 1 is 1.11 bits per heavy atom. The summed E-state index contributed by atoms with van der Waals surface area (Å²) in [5, 5.41) is 1.81. The van der Waals surface area contributed by atoms with E-state index in [1.165, 1.54) is 10.6 Å². The SMILES string of the molecule is Cc1ccc2ccccc2c1-n1c(=O)nc(N2CCN(C(=O)OC(C)(C)C)C[C@@H]2C)c2cc(F)c(Cl)nc21. The molecule has 0 radical (unpaired) electrons. The Bertz CT molecular complexity index is 1630. The van der Waals surface area contributed by atoms with Crippen LogP contribution in [0.4, 0.5) is 15.0 Å². The molecule has 38 heavy (non-hydrogen) atoms. The summed E-state index contributed by atoms with van der Waals surface area (Å²) in [7, 11) is 0. The van der Waals surface area contributed by atoms with Crippen molar-refractivity contribution in [2.45, 2.75) is 46.3 Å². The first-order chi connectivity index (χ1) is 17.9. The molecule has 0 bridgehead atoms. The molecule has 1 saturated heterocycles. The number of hydrogen-bond donors (Lipinski definition) is 0. The van der Waals surface area contributed by atoms with Gasteiger partial charge in [0.2, 0.25) is 0 Å². The van der Waals surface area contributed by atoms with Gasteiger partial charge in [-0.2, -0.15) is 4.98 Å². The molecule has 2 aromatic carbocycles. The van der Waals surface area contributed by atoms with Crippen LogP contribution in [0.15, 0.2) is 47.3 Å². The number of nitrogens with zero attached hydrogens (tertiary/aromatic N) is 5. The second kappa shape index (κ2) is 9.54. The third-order valence-corrected chi connectivity index (χ3v) is 6.90. The van der Waals surface area contributed by atoms with Gasteiger partial charge in [-0.3, -0.25) is 0 Å². The first-order valence-electron chi connectivity index (χ1n) is 12.5. The molecule has 1 amide bonds. The van der Waals surface area contributed by atoms with E-state index in [2.05, 4.69) is 9.97 Å². The molecule has 3 heterocycles. The summed E-state index contributed by atoms with van der Waals surface area (Å²) in [6.45, 7) is 10.4. The van der Waals surface area contributed by atoms with Crippen molar-refractivity contribution in [1.29, 1.82) is 0 Å². The van der Waals surface area contributed by atoms with Gasteiger partial charge in [0.05, 0.1) is 11.1 Å². The van der Waals surface area contributed by atoms with Gasteiger partial charge in [-0.15, -0.1) is 0 Å². The number of piperazine rings is 1. The number of rotatable bonds is 2. The van der Waals surface area contributed by atoms with Crippen LogP contribution in [0.5, 0.6) is 0 Å². The minimum atomic E-state index is -0.706. The minimum absolute atomic E-state index is 0.215. The van der Waals surface area contributed by atoms with Crippen LogP contribution in [0.2, 0.25) is 5.15 Å². The number of anilines is 1. The predicted octanol–water partition coefficient (Wildman–Crippen LogP) is 5.48. The van der Waals surface area contributed by atoms with Crippen molar-refractivity contribution in [2.24, 2.45) is 0 Å². The van der Waals surface area contributed by atoms with Crippen LogP contribution in [0.3, 0.4) is 0 Å². The van der Waals surface area contributed by atoms with Crippen LogP contribution in [0, 0.1) is 12.7 Å². The van der Waals surface area contributed by atoms with E-state index in [4.69, 9.17) is 16.3 Å². The maximum atomic E-state index is 14.8. The molecule has 2 aromatic heterocycles. The molecule has 1 aliphatic heterocycles. The van der Waals surface area contributed by atoms with Crippen molar-refractivity contribution < 1.29 is 13.9 Å². The average molecular weight is 538 g/mol. The minimum Gasteiger partial charge on any atom is -0.444 e. The van der Waals surface area contributed by atoms with Gasteiger partial charge >= 0.3 is 11.8 Å². The van der Waals surface area contributed by atoms with Crippen molar-refractivity contribution in [3.05, 3.63) is 69.5 Å². The lowest BCUT2D eigenvalue weighted by Crippen LogP contribution is -2.55. The zero-order valence-corrected chi connectivity index (χ0v) is 22.7. The Balaban J connectivity index is 1.65. The number of aryl methyl sites for hydroxylation is 1. The van der Waals surface area contributed by atoms with Crippen LogP contribution in [0.1, 0.15) is 33.3 Å². The lowest BCUT2D eigenvalue weighted by Gasteiger charge is -2.41. The van der Waals surface area contributed by atoms with Crippen LogP contribution >= 0.6 is 11.6 Å². The number of carbonyl (C=O) groups is 1. The van der Waals surface area contributed by atoms with Gasteiger partial charge < -0.3 is 14.5 Å². The Hall–Kier alpha value is -3.72. The van der Waals surface area contributed by atoms with E-state index >= 15 is 0 Å². The molecule has 0 N–H and O–H groups in total. The van der Waals surface area contributed by atoms with E-state index in [1.54, 1.807) is 4.90 Å². The van der Waals surface area contributed by atoms with E-state index in [0.29, 0.717) is 36.5 Å². The summed E-state index contributed by atoms with van der Waals surface area (Å²) in [4.78, 5) is 38.6. The summed E-state index contributed by atoms with van der Waals surface area (Å²) in [6, 6.07) is 12.7. The number of ether oxygens (including phenoxy) is 1. The molecule has 1 aliphatic rings. The molecule has 10 heteroatoms. The predicted molar refractivity (Wildman–Crippen MR) is 147 cm³/mol. The maximum absolute atomic E-state index is 14.8. The highest BCUT2D eigenvalue weighted by molar-refractivity contribution is 6.30. The van der Waals surface area contributed by atoms with Crippen LogP contribution < -0.4 is 10.6 Å². The van der Waals surface area contributed by atoms with Gasteiger partial charge in [0, 0.05) is 31.1 Å². The highest BCUT2D eigenvalue weighted by Gasteiger charge is 2.32. The molecule has 0 saturated carbocycles. The van der Waals surface area contributed by atoms with Crippen molar-refractivity contribution in [3.8, 4) is 5.69 Å². The van der Waals surface area contributed by atoms with Crippen LogP contribution in [-0.4, -0.2) is 56.8 Å². The van der Waals surface area contributed by atoms with Gasteiger partial charge in [-0.1, -0.05) is 48.0 Å². The van der Waals surface area contributed by atoms with Gasteiger partial charge in [0.25, 0.3) is 0 Å². The van der Waals surface area contributed by atoms with Gasteiger partial charge in [-0.25, -0.2) is 23.5 Å². The lowest BCUT2D eigenvalue weighted by atomic mass is 10.0. The van der Waals surface area contributed by atoms with E-state index in [1.807, 2.05) is 75.9 Å². The zero-order valence-electron chi connectivity index (χ0n) is 22.0. The fraction of sp³-hybridized carbons (Fsp3) is 0.357. The monoisotopic (exact) mass is 537 g/mol. The first kappa shape index (κ1) is 25.9. The molecule has 1 fully saturated rings. The number of aromatic nitrogens is 3. The van der Waals surface area contributed by atoms with Crippen molar-refractivity contribution in [2.75, 3.05) is 24.5 Å². The summed E-state index contributed by atoms with van der Waals surface area (Å²) >= 11 is 6.14. The highest BCUT2D eigenvalue weighted by Crippen LogP contribution is 2.32. The molecular weight excluding hydrogens is 509 g/mol. The number of halogens is 2. The fourth-order valence-corrected chi connectivity index (χ4v) is 5.06. The number of fused-ring (bicyclic) bond motifs is 2. The normalized spacial score (nSPS) is 16.3. The summed E-state index contributed by atoms with van der Waals surface area (Å²) in [5.74, 6) is -0.402. The van der Waals surface area contributed by atoms with Gasteiger partial charge in [0.15, 0.2) is 16.6 Å². The Morgan fingerprint density at radius 3 is 2.55 bits per heavy atom. The smallest absolute Gasteiger partial charge is 0.410 e. The van der Waals surface area contributed by atoms with Crippen LogP contribution in [0.25, 0.3) is 27.5 Å². The first-order valence-corrected chi connectivity index (χ1v) is 12.8.